The Morgan fingerprint density at radius 3 is 2.35 bits per heavy atom. The van der Waals surface area contributed by atoms with Crippen molar-refractivity contribution in [3.05, 3.63) is 102 Å². The minimum atomic E-state index is -0.473. The van der Waals surface area contributed by atoms with Crippen molar-refractivity contribution in [1.82, 2.24) is 20.4 Å². The van der Waals surface area contributed by atoms with Gasteiger partial charge in [0.15, 0.2) is 0 Å². The van der Waals surface area contributed by atoms with Crippen LogP contribution in [0.1, 0.15) is 36.9 Å². The number of carbonyl (C=O) groups is 1. The molecule has 1 aliphatic heterocycles. The summed E-state index contributed by atoms with van der Waals surface area (Å²) in [4.78, 5) is 19.8. The number of hydrogen-bond acceptors (Lipinski definition) is 6. The zero-order valence-corrected chi connectivity index (χ0v) is 21.0. The van der Waals surface area contributed by atoms with E-state index < -0.39 is 6.04 Å². The molecule has 1 atom stereocenters. The highest BCUT2D eigenvalue weighted by molar-refractivity contribution is 5.87. The molecule has 2 heterocycles. The largest absolute Gasteiger partial charge is 0.497 e. The highest BCUT2D eigenvalue weighted by Gasteiger charge is 2.35. The van der Waals surface area contributed by atoms with E-state index in [1.165, 1.54) is 0 Å². The van der Waals surface area contributed by atoms with Crippen molar-refractivity contribution in [2.24, 2.45) is 0 Å². The second kappa shape index (κ2) is 10.6. The van der Waals surface area contributed by atoms with E-state index in [1.807, 2.05) is 92.7 Å². The van der Waals surface area contributed by atoms with Gasteiger partial charge in [-0.25, -0.2) is 4.79 Å². The van der Waals surface area contributed by atoms with Gasteiger partial charge in [0.05, 0.1) is 31.9 Å². The first kappa shape index (κ1) is 24.1. The maximum atomic E-state index is 13.4. The predicted molar refractivity (Wildman–Crippen MR) is 140 cm³/mol. The highest BCUT2D eigenvalue weighted by Crippen LogP contribution is 2.38. The van der Waals surface area contributed by atoms with Gasteiger partial charge in [-0.05, 0) is 49.2 Å². The molecule has 188 valence electrons. The van der Waals surface area contributed by atoms with Gasteiger partial charge in [-0.2, -0.15) is 4.98 Å². The fourth-order valence-corrected chi connectivity index (χ4v) is 4.37. The van der Waals surface area contributed by atoms with Crippen LogP contribution in [-0.4, -0.2) is 34.8 Å². The smallest absolute Gasteiger partial charge is 0.322 e. The van der Waals surface area contributed by atoms with Gasteiger partial charge < -0.3 is 19.3 Å². The van der Waals surface area contributed by atoms with Crippen LogP contribution in [0.4, 0.5) is 4.79 Å². The first-order valence-corrected chi connectivity index (χ1v) is 12.1. The Hall–Kier alpha value is -4.59. The van der Waals surface area contributed by atoms with E-state index in [2.05, 4.69) is 10.5 Å². The molecule has 8 heteroatoms. The second-order valence-electron chi connectivity index (χ2n) is 8.61. The molecule has 1 aromatic heterocycles. The van der Waals surface area contributed by atoms with Crippen LogP contribution >= 0.6 is 0 Å². The molecule has 3 aromatic carbocycles. The van der Waals surface area contributed by atoms with Crippen molar-refractivity contribution in [3.8, 4) is 22.9 Å². The topological polar surface area (TPSA) is 89.7 Å². The third-order valence-electron chi connectivity index (χ3n) is 6.31. The Balaban J connectivity index is 1.55. The van der Waals surface area contributed by atoms with Gasteiger partial charge in [0.1, 0.15) is 11.5 Å². The zero-order valence-electron chi connectivity index (χ0n) is 21.0. The standard InChI is InChI=1S/C29H28N4O4/c1-4-36-24-16-12-21(13-17-24)26-25(28-31-27(32-37-28)22-8-6-5-7-9-22)19(2)33(29(34)30-26)18-20-10-14-23(35-3)15-11-20/h5-17,26H,4,18H2,1-3H3,(H,30,34). The Morgan fingerprint density at radius 2 is 1.68 bits per heavy atom. The first-order valence-electron chi connectivity index (χ1n) is 12.1. The molecule has 4 aromatic rings. The number of nitrogens with zero attached hydrogens (tertiary/aromatic N) is 3. The Bertz CT molecular complexity index is 1400. The lowest BCUT2D eigenvalue weighted by Gasteiger charge is -2.35. The SMILES string of the molecule is CCOc1ccc(C2NC(=O)N(Cc3ccc(OC)cc3)C(C)=C2c2nc(-c3ccccc3)no2)cc1. The lowest BCUT2D eigenvalue weighted by atomic mass is 9.94. The summed E-state index contributed by atoms with van der Waals surface area (Å²) in [5, 5.41) is 7.37. The molecule has 0 bridgehead atoms. The van der Waals surface area contributed by atoms with E-state index in [0.717, 1.165) is 39.5 Å². The molecule has 5 rings (SSSR count). The van der Waals surface area contributed by atoms with E-state index in [9.17, 15) is 4.79 Å². The lowest BCUT2D eigenvalue weighted by Crippen LogP contribution is -2.45. The van der Waals surface area contributed by atoms with Crippen LogP contribution in [0.5, 0.6) is 11.5 Å². The van der Waals surface area contributed by atoms with Crippen LogP contribution in [-0.2, 0) is 6.54 Å². The molecule has 0 radical (unpaired) electrons. The summed E-state index contributed by atoms with van der Waals surface area (Å²) in [6, 6.07) is 24.3. The van der Waals surface area contributed by atoms with Crippen molar-refractivity contribution >= 4 is 11.6 Å². The molecule has 0 saturated heterocycles. The first-order chi connectivity index (χ1) is 18.1. The van der Waals surface area contributed by atoms with E-state index in [4.69, 9.17) is 19.0 Å². The summed E-state index contributed by atoms with van der Waals surface area (Å²) >= 11 is 0. The average Bonchev–Trinajstić information content (AvgIpc) is 3.42. The number of rotatable bonds is 8. The predicted octanol–water partition coefficient (Wildman–Crippen LogP) is 5.84. The summed E-state index contributed by atoms with van der Waals surface area (Å²) in [6.07, 6.45) is 0. The lowest BCUT2D eigenvalue weighted by molar-refractivity contribution is 0.203. The normalized spacial score (nSPS) is 15.5. The molecule has 0 fully saturated rings. The van der Waals surface area contributed by atoms with Crippen LogP contribution < -0.4 is 14.8 Å². The van der Waals surface area contributed by atoms with Crippen LogP contribution in [0.25, 0.3) is 17.0 Å². The number of methoxy groups -OCH3 is 1. The van der Waals surface area contributed by atoms with Gasteiger partial charge in [-0.15, -0.1) is 0 Å². The van der Waals surface area contributed by atoms with Gasteiger partial charge in [-0.1, -0.05) is 59.8 Å². The molecule has 1 N–H and O–H groups in total. The average molecular weight is 497 g/mol. The minimum Gasteiger partial charge on any atom is -0.497 e. The molecule has 0 spiro atoms. The summed E-state index contributed by atoms with van der Waals surface area (Å²) in [6.45, 7) is 4.80. The van der Waals surface area contributed by atoms with Gasteiger partial charge in [0.2, 0.25) is 5.82 Å². The second-order valence-corrected chi connectivity index (χ2v) is 8.61. The Morgan fingerprint density at radius 1 is 0.973 bits per heavy atom. The maximum absolute atomic E-state index is 13.4. The van der Waals surface area contributed by atoms with Crippen LogP contribution in [0.3, 0.4) is 0 Å². The van der Waals surface area contributed by atoms with Crippen LogP contribution in [0.15, 0.2) is 89.1 Å². The Labute approximate surface area is 215 Å². The van der Waals surface area contributed by atoms with E-state index >= 15 is 0 Å². The number of urea groups is 1. The molecule has 1 unspecified atom stereocenters. The molecule has 2 amide bonds. The number of aromatic nitrogens is 2. The monoisotopic (exact) mass is 496 g/mol. The molecule has 0 saturated carbocycles. The summed E-state index contributed by atoms with van der Waals surface area (Å²) < 4.78 is 16.6. The van der Waals surface area contributed by atoms with Gasteiger partial charge >= 0.3 is 6.03 Å². The third-order valence-corrected chi connectivity index (χ3v) is 6.31. The number of ether oxygens (including phenoxy) is 2. The van der Waals surface area contributed by atoms with E-state index in [-0.39, 0.29) is 6.03 Å². The van der Waals surface area contributed by atoms with Crippen molar-refractivity contribution in [2.75, 3.05) is 13.7 Å². The van der Waals surface area contributed by atoms with Crippen LogP contribution in [0, 0.1) is 0 Å². The summed E-state index contributed by atoms with van der Waals surface area (Å²) in [5.41, 5.74) is 4.18. The van der Waals surface area contributed by atoms with E-state index in [0.29, 0.717) is 24.9 Å². The van der Waals surface area contributed by atoms with Crippen LogP contribution in [0.2, 0.25) is 0 Å². The van der Waals surface area contributed by atoms with Gasteiger partial charge in [0.25, 0.3) is 5.89 Å². The summed E-state index contributed by atoms with van der Waals surface area (Å²) in [5.74, 6) is 2.37. The van der Waals surface area contributed by atoms with Crippen molar-refractivity contribution in [1.29, 1.82) is 0 Å². The molecule has 0 aliphatic carbocycles. The quantitative estimate of drug-likeness (QED) is 0.330. The zero-order chi connectivity index (χ0) is 25.8. The molecular weight excluding hydrogens is 468 g/mol. The van der Waals surface area contributed by atoms with Crippen molar-refractivity contribution in [3.63, 3.8) is 0 Å². The number of carbonyl (C=O) groups excluding carboxylic acids is 1. The summed E-state index contributed by atoms with van der Waals surface area (Å²) in [7, 11) is 1.63. The number of benzene rings is 3. The minimum absolute atomic E-state index is 0.209. The Kier molecular flexibility index (Phi) is 6.89. The molecule has 37 heavy (non-hydrogen) atoms. The molecule has 8 nitrogen and oxygen atoms in total. The fraction of sp³-hybridized carbons (Fsp3) is 0.207. The van der Waals surface area contributed by atoms with Gasteiger partial charge in [-0.3, -0.25) is 4.90 Å². The van der Waals surface area contributed by atoms with E-state index in [1.54, 1.807) is 12.0 Å². The third kappa shape index (κ3) is 5.04. The molecular formula is C29H28N4O4. The maximum Gasteiger partial charge on any atom is 0.322 e. The number of nitrogens with one attached hydrogen (secondary N) is 1. The number of hydrogen-bond donors (Lipinski definition) is 1. The number of allylic oxidation sites excluding steroid dienone is 1. The van der Waals surface area contributed by atoms with Crippen molar-refractivity contribution < 1.29 is 18.8 Å². The molecule has 1 aliphatic rings. The highest BCUT2D eigenvalue weighted by atomic mass is 16.5. The fourth-order valence-electron chi connectivity index (χ4n) is 4.37. The van der Waals surface area contributed by atoms with Crippen molar-refractivity contribution in [2.45, 2.75) is 26.4 Å². The number of amides is 2. The van der Waals surface area contributed by atoms with Gasteiger partial charge in [0, 0.05) is 11.3 Å².